The molecule has 0 aromatic heterocycles. The van der Waals surface area contributed by atoms with Gasteiger partial charge in [-0.15, -0.1) is 12.6 Å². The second-order valence-electron chi connectivity index (χ2n) is 1.34. The van der Waals surface area contributed by atoms with E-state index in [1.165, 1.54) is 0 Å². The van der Waals surface area contributed by atoms with Crippen LogP contribution in [0, 0.1) is 0 Å². The van der Waals surface area contributed by atoms with E-state index in [1.807, 2.05) is 30.3 Å². The first-order valence-corrected chi connectivity index (χ1v) is 2.58. The molecule has 0 heterocycles. The van der Waals surface area contributed by atoms with Gasteiger partial charge < -0.3 is 0 Å². The summed E-state index contributed by atoms with van der Waals surface area (Å²) in [5, 5.41) is 0. The molecule has 0 unspecified atom stereocenters. The van der Waals surface area contributed by atoms with Crippen LogP contribution in [0.3, 0.4) is 0 Å². The van der Waals surface area contributed by atoms with Gasteiger partial charge in [0.1, 0.15) is 0 Å². The van der Waals surface area contributed by atoms with Crippen molar-refractivity contribution in [1.82, 2.24) is 0 Å². The summed E-state index contributed by atoms with van der Waals surface area (Å²) >= 11 is 4.08. The van der Waals surface area contributed by atoms with E-state index in [0.717, 1.165) is 4.90 Å². The van der Waals surface area contributed by atoms with Crippen molar-refractivity contribution >= 4 is 64.0 Å². The quantitative estimate of drug-likeness (QED) is 0.418. The van der Waals surface area contributed by atoms with Crippen LogP contribution in [0.1, 0.15) is 0 Å². The van der Waals surface area contributed by atoms with Gasteiger partial charge in [0, 0.05) is 4.90 Å². The van der Waals surface area contributed by atoms with E-state index >= 15 is 0 Å². The summed E-state index contributed by atoms with van der Waals surface area (Å²) in [4.78, 5) is 1.02. The Hall–Kier alpha value is 1.21. The van der Waals surface area contributed by atoms with Crippen LogP contribution >= 0.6 is 12.6 Å². The van der Waals surface area contributed by atoms with Gasteiger partial charge in [-0.1, -0.05) is 18.2 Å². The van der Waals surface area contributed by atoms with Crippen LogP contribution < -0.4 is 0 Å². The first-order valence-electron chi connectivity index (χ1n) is 2.13. The van der Waals surface area contributed by atoms with Crippen LogP contribution in [0.25, 0.3) is 0 Å². The Kier molecular flexibility index (Phi) is 5.79. The standard InChI is InChI=1S/C6H6S.K.H/c7-6-4-2-1-3-5-6;;/h1-5,7H;;. The molecule has 1 rings (SSSR count). The minimum atomic E-state index is 0. The normalized spacial score (nSPS) is 7.62. The predicted octanol–water partition coefficient (Wildman–Crippen LogP) is 1.33. The van der Waals surface area contributed by atoms with Gasteiger partial charge >= 0.3 is 51.4 Å². The van der Waals surface area contributed by atoms with Crippen molar-refractivity contribution in [2.24, 2.45) is 0 Å². The molecule has 8 heavy (non-hydrogen) atoms. The molecule has 0 radical (unpaired) electrons. The average Bonchev–Trinajstić information content (AvgIpc) is 1.69. The summed E-state index contributed by atoms with van der Waals surface area (Å²) in [5.41, 5.74) is 0. The summed E-state index contributed by atoms with van der Waals surface area (Å²) in [6, 6.07) is 9.79. The zero-order valence-electron chi connectivity index (χ0n) is 3.83. The molecular formula is C6H7KS. The Morgan fingerprint density at radius 1 is 1.00 bits per heavy atom. The average molecular weight is 150 g/mol. The van der Waals surface area contributed by atoms with Crippen molar-refractivity contribution in [3.05, 3.63) is 30.3 Å². The second kappa shape index (κ2) is 5.03. The second-order valence-corrected chi connectivity index (χ2v) is 1.85. The summed E-state index contributed by atoms with van der Waals surface area (Å²) in [6.45, 7) is 0. The first kappa shape index (κ1) is 9.21. The van der Waals surface area contributed by atoms with Gasteiger partial charge in [0.15, 0.2) is 0 Å². The van der Waals surface area contributed by atoms with Crippen LogP contribution in [0.5, 0.6) is 0 Å². The monoisotopic (exact) mass is 150 g/mol. The Morgan fingerprint density at radius 3 is 1.75 bits per heavy atom. The van der Waals surface area contributed by atoms with Crippen molar-refractivity contribution in [1.29, 1.82) is 0 Å². The van der Waals surface area contributed by atoms with Crippen molar-refractivity contribution in [2.45, 2.75) is 4.90 Å². The maximum absolute atomic E-state index is 4.08. The van der Waals surface area contributed by atoms with Crippen molar-refractivity contribution in [2.75, 3.05) is 0 Å². The Morgan fingerprint density at radius 2 is 1.50 bits per heavy atom. The summed E-state index contributed by atoms with van der Waals surface area (Å²) < 4.78 is 0. The molecule has 1 aromatic carbocycles. The number of hydrogen-bond donors (Lipinski definition) is 1. The molecule has 0 saturated heterocycles. The fourth-order valence-electron chi connectivity index (χ4n) is 0.428. The van der Waals surface area contributed by atoms with E-state index in [9.17, 15) is 0 Å². The Bertz CT molecular complexity index is 138. The van der Waals surface area contributed by atoms with Crippen LogP contribution in [0.2, 0.25) is 0 Å². The molecule has 0 fully saturated rings. The molecule has 0 bridgehead atoms. The van der Waals surface area contributed by atoms with E-state index in [4.69, 9.17) is 0 Å². The van der Waals surface area contributed by atoms with Crippen molar-refractivity contribution in [3.8, 4) is 0 Å². The SMILES string of the molecule is Sc1ccccc1.[KH]. The molecule has 0 aliphatic carbocycles. The van der Waals surface area contributed by atoms with Gasteiger partial charge in [-0.3, -0.25) is 0 Å². The maximum atomic E-state index is 4.08. The van der Waals surface area contributed by atoms with E-state index < -0.39 is 0 Å². The van der Waals surface area contributed by atoms with Gasteiger partial charge in [0.05, 0.1) is 0 Å². The predicted molar refractivity (Wildman–Crippen MR) is 40.8 cm³/mol. The molecule has 0 atom stereocenters. The minimum absolute atomic E-state index is 0. The first-order chi connectivity index (χ1) is 3.39. The topological polar surface area (TPSA) is 0 Å². The van der Waals surface area contributed by atoms with Gasteiger partial charge in [-0.2, -0.15) is 0 Å². The van der Waals surface area contributed by atoms with E-state index in [1.54, 1.807) is 0 Å². The summed E-state index contributed by atoms with van der Waals surface area (Å²) in [6.07, 6.45) is 0. The number of thiol groups is 1. The summed E-state index contributed by atoms with van der Waals surface area (Å²) in [7, 11) is 0. The molecule has 0 aliphatic rings. The van der Waals surface area contributed by atoms with Gasteiger partial charge in [-0.25, -0.2) is 0 Å². The molecule has 0 spiro atoms. The van der Waals surface area contributed by atoms with Gasteiger partial charge in [-0.05, 0) is 12.1 Å². The molecule has 38 valence electrons. The molecule has 0 aliphatic heterocycles. The Labute approximate surface area is 97.5 Å². The molecule has 2 heteroatoms. The van der Waals surface area contributed by atoms with Crippen LogP contribution in [-0.4, -0.2) is 51.4 Å². The van der Waals surface area contributed by atoms with Crippen molar-refractivity contribution in [3.63, 3.8) is 0 Å². The zero-order chi connectivity index (χ0) is 5.11. The summed E-state index contributed by atoms with van der Waals surface area (Å²) in [5.74, 6) is 0. The molecule has 0 amide bonds. The van der Waals surface area contributed by atoms with Crippen molar-refractivity contribution < 1.29 is 0 Å². The number of hydrogen-bond acceptors (Lipinski definition) is 1. The fraction of sp³-hybridized carbons (Fsp3) is 0. The Balaban J connectivity index is 0.000000490. The van der Waals surface area contributed by atoms with E-state index in [2.05, 4.69) is 12.6 Å². The molecule has 0 nitrogen and oxygen atoms in total. The third-order valence-corrected chi connectivity index (χ3v) is 1.05. The van der Waals surface area contributed by atoms with Gasteiger partial charge in [0.2, 0.25) is 0 Å². The third-order valence-electron chi connectivity index (χ3n) is 0.756. The van der Waals surface area contributed by atoms with Crippen LogP contribution in [0.15, 0.2) is 35.2 Å². The van der Waals surface area contributed by atoms with E-state index in [0.29, 0.717) is 0 Å². The molecular weight excluding hydrogens is 143 g/mol. The molecule has 0 N–H and O–H groups in total. The van der Waals surface area contributed by atoms with E-state index in [-0.39, 0.29) is 51.4 Å². The van der Waals surface area contributed by atoms with Crippen LogP contribution in [-0.2, 0) is 0 Å². The van der Waals surface area contributed by atoms with Crippen LogP contribution in [0.4, 0.5) is 0 Å². The number of rotatable bonds is 0. The molecule has 0 saturated carbocycles. The molecule has 1 aromatic rings. The van der Waals surface area contributed by atoms with Gasteiger partial charge in [0.25, 0.3) is 0 Å². The third kappa shape index (κ3) is 3.28. The fourth-order valence-corrected chi connectivity index (χ4v) is 0.600. The zero-order valence-corrected chi connectivity index (χ0v) is 4.73. The number of benzene rings is 1.